The van der Waals surface area contributed by atoms with E-state index in [9.17, 15) is 9.18 Å². The zero-order valence-electron chi connectivity index (χ0n) is 8.55. The van der Waals surface area contributed by atoms with Crippen molar-refractivity contribution < 1.29 is 14.3 Å². The molecule has 0 aromatic heterocycles. The largest absolute Gasteiger partial charge is 0.505 e. The van der Waals surface area contributed by atoms with E-state index in [-0.39, 0.29) is 5.91 Å². The summed E-state index contributed by atoms with van der Waals surface area (Å²) >= 11 is 1.25. The molecule has 5 nitrogen and oxygen atoms in total. The lowest BCUT2D eigenvalue weighted by atomic mass is 10.2. The van der Waals surface area contributed by atoms with E-state index in [0.29, 0.717) is 16.5 Å². The second-order valence-electron chi connectivity index (χ2n) is 3.20. The normalized spacial score (nSPS) is 17.9. The van der Waals surface area contributed by atoms with Crippen molar-refractivity contribution in [1.82, 2.24) is 5.32 Å². The summed E-state index contributed by atoms with van der Waals surface area (Å²) in [4.78, 5) is 10.8. The number of amides is 1. The molecule has 2 N–H and O–H groups in total. The van der Waals surface area contributed by atoms with Crippen LogP contribution in [0.1, 0.15) is 5.56 Å². The molecule has 1 aromatic carbocycles. The average molecular weight is 253 g/mol. The Morgan fingerprint density at radius 1 is 1.53 bits per heavy atom. The van der Waals surface area contributed by atoms with Crippen molar-refractivity contribution in [2.24, 2.45) is 10.2 Å². The highest BCUT2D eigenvalue weighted by atomic mass is 32.2. The number of benzene rings is 1. The molecule has 88 valence electrons. The standard InChI is InChI=1S/C10H8FN3O2S/c11-7-3-6(1-2-8(7)15)4-12-14-10-13-9(16)5-17-10/h1-4,15H,5H2,(H,13,14,16). The maximum atomic E-state index is 13.0. The predicted octanol–water partition coefficient (Wildman–Crippen LogP) is 1.08. The van der Waals surface area contributed by atoms with Gasteiger partial charge in [-0.25, -0.2) is 4.39 Å². The van der Waals surface area contributed by atoms with Gasteiger partial charge in [0.15, 0.2) is 16.7 Å². The van der Waals surface area contributed by atoms with E-state index in [1.54, 1.807) is 0 Å². The molecular weight excluding hydrogens is 245 g/mol. The Bertz CT molecular complexity index is 516. The van der Waals surface area contributed by atoms with Gasteiger partial charge in [0, 0.05) is 0 Å². The number of phenols is 1. The van der Waals surface area contributed by atoms with Crippen molar-refractivity contribution in [3.05, 3.63) is 29.6 Å². The molecule has 0 saturated carbocycles. The maximum absolute atomic E-state index is 13.0. The van der Waals surface area contributed by atoms with E-state index in [1.807, 2.05) is 0 Å². The first kappa shape index (κ1) is 11.6. The predicted molar refractivity (Wildman–Crippen MR) is 63.7 cm³/mol. The molecule has 1 aromatic rings. The van der Waals surface area contributed by atoms with E-state index in [2.05, 4.69) is 15.5 Å². The van der Waals surface area contributed by atoms with Crippen LogP contribution >= 0.6 is 11.8 Å². The van der Waals surface area contributed by atoms with E-state index in [1.165, 1.54) is 30.1 Å². The Balaban J connectivity index is 2.05. The van der Waals surface area contributed by atoms with Crippen molar-refractivity contribution in [2.45, 2.75) is 0 Å². The molecule has 1 saturated heterocycles. The third-order valence-corrected chi connectivity index (χ3v) is 2.78. The summed E-state index contributed by atoms with van der Waals surface area (Å²) in [6, 6.07) is 3.87. The number of carbonyl (C=O) groups is 1. The summed E-state index contributed by atoms with van der Waals surface area (Å²) < 4.78 is 13.0. The van der Waals surface area contributed by atoms with Gasteiger partial charge in [0.25, 0.3) is 0 Å². The highest BCUT2D eigenvalue weighted by Gasteiger charge is 2.15. The highest BCUT2D eigenvalue weighted by molar-refractivity contribution is 8.15. The zero-order chi connectivity index (χ0) is 12.3. The van der Waals surface area contributed by atoms with Gasteiger partial charge in [-0.05, 0) is 23.8 Å². The Morgan fingerprint density at radius 2 is 2.35 bits per heavy atom. The molecule has 17 heavy (non-hydrogen) atoms. The van der Waals surface area contributed by atoms with Crippen molar-refractivity contribution in [1.29, 1.82) is 0 Å². The van der Waals surface area contributed by atoms with Crippen molar-refractivity contribution >= 4 is 29.1 Å². The minimum absolute atomic E-state index is 0.111. The van der Waals surface area contributed by atoms with Gasteiger partial charge in [-0.15, -0.1) is 5.10 Å². The number of amidine groups is 1. The van der Waals surface area contributed by atoms with Crippen LogP contribution in [0.2, 0.25) is 0 Å². The molecule has 1 fully saturated rings. The summed E-state index contributed by atoms with van der Waals surface area (Å²) in [5.74, 6) is -0.904. The first-order valence-corrected chi connectivity index (χ1v) is 5.66. The number of hydrogen-bond acceptors (Lipinski definition) is 5. The summed E-state index contributed by atoms with van der Waals surface area (Å²) in [5, 5.41) is 19.4. The minimum atomic E-state index is -0.717. The van der Waals surface area contributed by atoms with Gasteiger partial charge in [-0.1, -0.05) is 11.8 Å². The molecule has 1 heterocycles. The van der Waals surface area contributed by atoms with Crippen LogP contribution in [0.15, 0.2) is 28.4 Å². The lowest BCUT2D eigenvalue weighted by Gasteiger charge is -1.95. The Hall–Kier alpha value is -1.89. The molecule has 0 atom stereocenters. The summed E-state index contributed by atoms with van der Waals surface area (Å²) in [6.45, 7) is 0. The Labute approximate surface area is 100 Å². The second-order valence-corrected chi connectivity index (χ2v) is 4.16. The summed E-state index contributed by atoms with van der Waals surface area (Å²) in [6.07, 6.45) is 1.33. The van der Waals surface area contributed by atoms with Crippen LogP contribution in [0.25, 0.3) is 0 Å². The van der Waals surface area contributed by atoms with E-state index in [0.717, 1.165) is 6.07 Å². The maximum Gasteiger partial charge on any atom is 0.236 e. The quantitative estimate of drug-likeness (QED) is 0.612. The van der Waals surface area contributed by atoms with Crippen molar-refractivity contribution in [3.8, 4) is 5.75 Å². The fraction of sp³-hybridized carbons (Fsp3) is 0.100. The third kappa shape index (κ3) is 3.04. The van der Waals surface area contributed by atoms with Crippen LogP contribution in [0.5, 0.6) is 5.75 Å². The molecule has 1 aliphatic rings. The number of carbonyl (C=O) groups excluding carboxylic acids is 1. The number of rotatable bonds is 2. The van der Waals surface area contributed by atoms with Gasteiger partial charge in [0.1, 0.15) is 0 Å². The van der Waals surface area contributed by atoms with Crippen LogP contribution in [0, 0.1) is 5.82 Å². The number of aromatic hydroxyl groups is 1. The van der Waals surface area contributed by atoms with Crippen LogP contribution in [-0.4, -0.2) is 28.1 Å². The van der Waals surface area contributed by atoms with Gasteiger partial charge in [-0.3, -0.25) is 4.79 Å². The smallest absolute Gasteiger partial charge is 0.236 e. The molecule has 0 bridgehead atoms. The first-order valence-electron chi connectivity index (χ1n) is 4.67. The fourth-order valence-electron chi connectivity index (χ4n) is 1.13. The van der Waals surface area contributed by atoms with Gasteiger partial charge in [0.2, 0.25) is 5.91 Å². The average Bonchev–Trinajstić information content (AvgIpc) is 2.70. The summed E-state index contributed by atoms with van der Waals surface area (Å²) in [5.41, 5.74) is 0.471. The lowest BCUT2D eigenvalue weighted by molar-refractivity contribution is -0.116. The Morgan fingerprint density at radius 3 is 3.00 bits per heavy atom. The van der Waals surface area contributed by atoms with E-state index < -0.39 is 11.6 Å². The van der Waals surface area contributed by atoms with Crippen LogP contribution in [0.3, 0.4) is 0 Å². The molecule has 2 rings (SSSR count). The SMILES string of the molecule is O=C1CSC(=NN=Cc2ccc(O)c(F)c2)N1. The number of halogens is 1. The van der Waals surface area contributed by atoms with Crippen LogP contribution < -0.4 is 5.32 Å². The lowest BCUT2D eigenvalue weighted by Crippen LogP contribution is -2.19. The van der Waals surface area contributed by atoms with Crippen molar-refractivity contribution in [2.75, 3.05) is 5.75 Å². The molecule has 0 unspecified atom stereocenters. The zero-order valence-corrected chi connectivity index (χ0v) is 9.37. The van der Waals surface area contributed by atoms with Gasteiger partial charge in [0.05, 0.1) is 12.0 Å². The van der Waals surface area contributed by atoms with Gasteiger partial charge in [-0.2, -0.15) is 5.10 Å². The summed E-state index contributed by atoms with van der Waals surface area (Å²) in [7, 11) is 0. The molecule has 1 aliphatic heterocycles. The third-order valence-electron chi connectivity index (χ3n) is 1.91. The van der Waals surface area contributed by atoms with Gasteiger partial charge < -0.3 is 10.4 Å². The van der Waals surface area contributed by atoms with Crippen LogP contribution in [0.4, 0.5) is 4.39 Å². The second kappa shape index (κ2) is 4.96. The molecule has 1 amide bonds. The molecule has 0 aliphatic carbocycles. The number of thioether (sulfide) groups is 1. The highest BCUT2D eigenvalue weighted by Crippen LogP contribution is 2.15. The number of nitrogens with one attached hydrogen (secondary N) is 1. The molecule has 7 heteroatoms. The number of nitrogens with zero attached hydrogens (tertiary/aromatic N) is 2. The van der Waals surface area contributed by atoms with Crippen molar-refractivity contribution in [3.63, 3.8) is 0 Å². The van der Waals surface area contributed by atoms with Crippen LogP contribution in [-0.2, 0) is 4.79 Å². The molecule has 0 radical (unpaired) electrons. The topological polar surface area (TPSA) is 74.0 Å². The first-order chi connectivity index (χ1) is 8.15. The molecular formula is C10H8FN3O2S. The Kier molecular flexibility index (Phi) is 3.38. The minimum Gasteiger partial charge on any atom is -0.505 e. The fourth-order valence-corrected chi connectivity index (χ4v) is 1.76. The number of phenolic OH excluding ortho intramolecular Hbond substituents is 1. The monoisotopic (exact) mass is 253 g/mol. The number of hydrogen-bond donors (Lipinski definition) is 2. The van der Waals surface area contributed by atoms with Gasteiger partial charge >= 0.3 is 0 Å². The van der Waals surface area contributed by atoms with E-state index >= 15 is 0 Å². The molecule has 0 spiro atoms. The van der Waals surface area contributed by atoms with E-state index in [4.69, 9.17) is 5.11 Å².